The lowest BCUT2D eigenvalue weighted by atomic mass is 9.96. The van der Waals surface area contributed by atoms with Crippen LogP contribution >= 0.6 is 0 Å². The number of likely N-dealkylation sites (tertiary alicyclic amines) is 2. The lowest BCUT2D eigenvalue weighted by Gasteiger charge is -2.38. The molecule has 302 valence electrons. The van der Waals surface area contributed by atoms with Crippen LogP contribution in [0.1, 0.15) is 63.1 Å². The zero-order valence-electron chi connectivity index (χ0n) is 32.1. The zero-order valence-corrected chi connectivity index (χ0v) is 32.1. The van der Waals surface area contributed by atoms with Gasteiger partial charge in [-0.3, -0.25) is 19.3 Å². The Labute approximate surface area is 334 Å². The maximum Gasteiger partial charge on any atom is 0.259 e. The second-order valence-electron chi connectivity index (χ2n) is 15.2. The topological polar surface area (TPSA) is 124 Å². The van der Waals surface area contributed by atoms with Gasteiger partial charge in [0.2, 0.25) is 5.91 Å². The molecule has 8 rings (SSSR count). The van der Waals surface area contributed by atoms with Gasteiger partial charge < -0.3 is 24.9 Å². The van der Waals surface area contributed by atoms with Gasteiger partial charge in [0.15, 0.2) is 0 Å². The predicted octanol–water partition coefficient (Wildman–Crippen LogP) is 4.68. The number of halogens is 3. The fraction of sp³-hybridized carbons (Fsp3) is 0.395. The van der Waals surface area contributed by atoms with Crippen molar-refractivity contribution in [2.24, 2.45) is 5.10 Å². The van der Waals surface area contributed by atoms with E-state index in [1.807, 2.05) is 24.3 Å². The van der Waals surface area contributed by atoms with Gasteiger partial charge in [-0.2, -0.15) is 15.3 Å². The van der Waals surface area contributed by atoms with Gasteiger partial charge in [-0.25, -0.2) is 13.2 Å². The van der Waals surface area contributed by atoms with Crippen molar-refractivity contribution >= 4 is 23.4 Å². The third-order valence-corrected chi connectivity index (χ3v) is 11.5. The first-order chi connectivity index (χ1) is 28.2. The summed E-state index contributed by atoms with van der Waals surface area (Å²) in [5, 5.41) is 12.1. The Kier molecular flexibility index (Phi) is 11.8. The lowest BCUT2D eigenvalue weighted by molar-refractivity contribution is -0.135. The first-order valence-electron chi connectivity index (χ1n) is 19.9. The highest BCUT2D eigenvalue weighted by Gasteiger charge is 2.32. The van der Waals surface area contributed by atoms with Crippen molar-refractivity contribution in [2.75, 3.05) is 58.9 Å². The molecule has 4 aliphatic heterocycles. The summed E-state index contributed by atoms with van der Waals surface area (Å²) in [5.74, 6) is -3.53. The number of rotatable bonds is 9. The molecule has 0 spiro atoms. The van der Waals surface area contributed by atoms with E-state index in [0.29, 0.717) is 83.9 Å². The Morgan fingerprint density at radius 2 is 1.40 bits per heavy atom. The molecule has 1 N–H and O–H groups in total. The summed E-state index contributed by atoms with van der Waals surface area (Å²) in [4.78, 5) is 46.9. The number of nitrogens with one attached hydrogen (secondary N) is 1. The van der Waals surface area contributed by atoms with E-state index in [4.69, 9.17) is 4.74 Å². The molecule has 12 nitrogen and oxygen atoms in total. The molecule has 4 aliphatic rings. The number of carbonyl (C=O) groups excluding carboxylic acids is 3. The summed E-state index contributed by atoms with van der Waals surface area (Å²) in [6.07, 6.45) is 4.47. The lowest BCUT2D eigenvalue weighted by Crippen LogP contribution is -2.53. The summed E-state index contributed by atoms with van der Waals surface area (Å²) < 4.78 is 51.4. The Hall–Kier alpha value is -5.67. The van der Waals surface area contributed by atoms with Crippen LogP contribution in [0.3, 0.4) is 0 Å². The number of hydrogen-bond acceptors (Lipinski definition) is 9. The minimum absolute atomic E-state index is 0.00455. The van der Waals surface area contributed by atoms with E-state index in [1.165, 1.54) is 17.2 Å². The third kappa shape index (κ3) is 8.75. The molecule has 0 aliphatic carbocycles. The highest BCUT2D eigenvalue weighted by Crippen LogP contribution is 2.27. The Balaban J connectivity index is 0.756. The molecule has 3 saturated heterocycles. The number of benzene rings is 3. The van der Waals surface area contributed by atoms with Gasteiger partial charge in [0, 0.05) is 76.1 Å². The molecule has 0 atom stereocenters. The van der Waals surface area contributed by atoms with E-state index in [-0.39, 0.29) is 41.7 Å². The molecular weight excluding hydrogens is 750 g/mol. The number of ether oxygens (including phenoxy) is 1. The molecule has 0 unspecified atom stereocenters. The fourth-order valence-corrected chi connectivity index (χ4v) is 8.24. The van der Waals surface area contributed by atoms with Gasteiger partial charge in [-0.15, -0.1) is 0 Å². The number of carbonyl (C=O) groups is 3. The average molecular weight is 795 g/mol. The maximum absolute atomic E-state index is 15.0. The molecule has 3 fully saturated rings. The van der Waals surface area contributed by atoms with Crippen LogP contribution < -0.4 is 5.43 Å². The van der Waals surface area contributed by atoms with Gasteiger partial charge in [-0.1, -0.05) is 30.3 Å². The Morgan fingerprint density at radius 1 is 0.724 bits per heavy atom. The number of hydrazone groups is 1. The molecule has 0 saturated carbocycles. The van der Waals surface area contributed by atoms with Crippen LogP contribution in [0, 0.1) is 17.5 Å². The summed E-state index contributed by atoms with van der Waals surface area (Å²) in [6.45, 7) is 4.33. The van der Waals surface area contributed by atoms with Crippen molar-refractivity contribution in [3.8, 4) is 11.3 Å². The van der Waals surface area contributed by atoms with E-state index < -0.39 is 28.9 Å². The number of piperazine rings is 1. The Bertz CT molecular complexity index is 2160. The predicted molar refractivity (Wildman–Crippen MR) is 209 cm³/mol. The van der Waals surface area contributed by atoms with Crippen molar-refractivity contribution in [3.63, 3.8) is 0 Å². The number of nitrogens with zero attached hydrogens (tertiary/aromatic N) is 7. The van der Waals surface area contributed by atoms with E-state index in [2.05, 4.69) is 25.6 Å². The smallest absolute Gasteiger partial charge is 0.259 e. The Morgan fingerprint density at radius 3 is 2.10 bits per heavy atom. The normalized spacial score (nSPS) is 18.1. The first-order valence-corrected chi connectivity index (χ1v) is 19.9. The number of hydrogen-bond donors (Lipinski definition) is 1. The number of aromatic nitrogens is 2. The highest BCUT2D eigenvalue weighted by molar-refractivity contribution is 6.04. The summed E-state index contributed by atoms with van der Waals surface area (Å²) >= 11 is 0. The molecule has 0 radical (unpaired) electrons. The molecule has 3 aromatic carbocycles. The van der Waals surface area contributed by atoms with Crippen molar-refractivity contribution in [1.29, 1.82) is 0 Å². The quantitative estimate of drug-likeness (QED) is 0.259. The van der Waals surface area contributed by atoms with Crippen LogP contribution in [-0.4, -0.2) is 124 Å². The van der Waals surface area contributed by atoms with Gasteiger partial charge in [0.05, 0.1) is 42.3 Å². The van der Waals surface area contributed by atoms with Crippen LogP contribution in [0.15, 0.2) is 78.0 Å². The monoisotopic (exact) mass is 794 g/mol. The maximum atomic E-state index is 15.0. The number of amides is 3. The van der Waals surface area contributed by atoms with E-state index in [9.17, 15) is 27.6 Å². The van der Waals surface area contributed by atoms with E-state index in [1.54, 1.807) is 34.1 Å². The zero-order chi connectivity index (χ0) is 40.2. The van der Waals surface area contributed by atoms with Crippen LogP contribution in [0.4, 0.5) is 13.2 Å². The minimum atomic E-state index is -0.938. The third-order valence-electron chi connectivity index (χ3n) is 11.5. The minimum Gasteiger partial charge on any atom is -0.375 e. The molecule has 4 aromatic rings. The van der Waals surface area contributed by atoms with Gasteiger partial charge >= 0.3 is 0 Å². The summed E-state index contributed by atoms with van der Waals surface area (Å²) in [6, 6.07) is 18.1. The van der Waals surface area contributed by atoms with Crippen molar-refractivity contribution in [3.05, 3.63) is 118 Å². The molecule has 5 heterocycles. The van der Waals surface area contributed by atoms with Crippen LogP contribution in [0.2, 0.25) is 0 Å². The van der Waals surface area contributed by atoms with E-state index in [0.717, 1.165) is 47.4 Å². The molecule has 58 heavy (non-hydrogen) atoms. The van der Waals surface area contributed by atoms with Crippen molar-refractivity contribution < 1.29 is 32.3 Å². The average Bonchev–Trinajstić information content (AvgIpc) is 3.25. The second kappa shape index (κ2) is 17.4. The largest absolute Gasteiger partial charge is 0.375 e. The molecule has 0 bridgehead atoms. The van der Waals surface area contributed by atoms with Gasteiger partial charge in [0.25, 0.3) is 11.8 Å². The second-order valence-corrected chi connectivity index (χ2v) is 15.2. The first kappa shape index (κ1) is 39.2. The highest BCUT2D eigenvalue weighted by atomic mass is 19.1. The van der Waals surface area contributed by atoms with Crippen LogP contribution in [-0.2, 0) is 22.5 Å². The van der Waals surface area contributed by atoms with Gasteiger partial charge in [-0.05, 0) is 73.2 Å². The standard InChI is InChI=1S/C43H45F3N8O4/c44-35-8-7-28(23-39-33-5-2-1-4-29(33)26-48-50-39)22-34(35)42(56)54-20-18-52(19-21-54)40(55)27-51-14-9-31(10-15-51)58-32-11-16-53(17-12-32)43(57)41-36(45)24-30(25-37(41)46)38-6-3-13-47-49-38/h1-8,13,22,24-25,31-32,48H,9-12,14-21,23,26-27H2. The summed E-state index contributed by atoms with van der Waals surface area (Å²) in [5.41, 5.74) is 6.81. The SMILES string of the molecule is O=C(CN1CCC(OC2CCN(C(=O)c3c(F)cc(-c4cccnn4)cc3F)CC2)CC1)N1CCN(C(=O)c2cc(CC3=NNCc4ccccc43)ccc2F)CC1. The molecule has 3 amide bonds. The molecule has 15 heteroatoms. The van der Waals surface area contributed by atoms with E-state index >= 15 is 0 Å². The van der Waals surface area contributed by atoms with Gasteiger partial charge in [0.1, 0.15) is 23.0 Å². The van der Waals surface area contributed by atoms with Crippen molar-refractivity contribution in [1.82, 2.24) is 35.2 Å². The van der Waals surface area contributed by atoms with Crippen LogP contribution in [0.5, 0.6) is 0 Å². The van der Waals surface area contributed by atoms with Crippen molar-refractivity contribution in [2.45, 2.75) is 50.9 Å². The number of piperidine rings is 2. The fourth-order valence-electron chi connectivity index (χ4n) is 8.24. The van der Waals surface area contributed by atoms with Crippen LogP contribution in [0.25, 0.3) is 11.3 Å². The number of fused-ring (bicyclic) bond motifs is 1. The molecule has 1 aromatic heterocycles. The molecular formula is C43H45F3N8O4. The summed E-state index contributed by atoms with van der Waals surface area (Å²) in [7, 11) is 0.